The number of rotatable bonds is 4. The Kier molecular flexibility index (Phi) is 5.53. The fourth-order valence-electron chi connectivity index (χ4n) is 10.7. The van der Waals surface area contributed by atoms with E-state index in [4.69, 9.17) is 0 Å². The lowest BCUT2D eigenvalue weighted by Gasteiger charge is -2.61. The second kappa shape index (κ2) is 9.69. The topological polar surface area (TPSA) is 3.24 Å². The summed E-state index contributed by atoms with van der Waals surface area (Å²) in [6, 6.07) is 52.3. The molecule has 11 rings (SSSR count). The molecular weight excluding hydrogens is 542 g/mol. The standard InChI is InChI=1S/C44H37N/c1-3-12-31(13-4-1)35-22-23-41(37-17-8-7-16-36(35)37)45(34-14-5-2-6-15-34)42-21-11-20-40-43(42)38-18-9-10-19-39(38)44(40)32-25-29-24-30(27-32)28-33(44)26-29/h1-23,29-30,32-33H,24-28H2. The quantitative estimate of drug-likeness (QED) is 0.201. The average Bonchev–Trinajstić information content (AvgIpc) is 3.39. The minimum Gasteiger partial charge on any atom is -0.309 e. The molecule has 45 heavy (non-hydrogen) atoms. The van der Waals surface area contributed by atoms with E-state index in [0.717, 1.165) is 23.7 Å². The van der Waals surface area contributed by atoms with E-state index < -0.39 is 0 Å². The first-order chi connectivity index (χ1) is 22.3. The number of anilines is 3. The Balaban J connectivity index is 1.24. The van der Waals surface area contributed by atoms with Crippen LogP contribution in [0.4, 0.5) is 17.1 Å². The third-order valence-corrected chi connectivity index (χ3v) is 12.0. The fraction of sp³-hybridized carbons (Fsp3) is 0.227. The summed E-state index contributed by atoms with van der Waals surface area (Å²) in [6.07, 6.45) is 7.08. The molecule has 0 N–H and O–H groups in total. The van der Waals surface area contributed by atoms with Crippen molar-refractivity contribution in [2.24, 2.45) is 23.7 Å². The van der Waals surface area contributed by atoms with Crippen molar-refractivity contribution in [2.75, 3.05) is 4.90 Å². The van der Waals surface area contributed by atoms with Gasteiger partial charge in [0.2, 0.25) is 0 Å². The molecule has 0 unspecified atom stereocenters. The van der Waals surface area contributed by atoms with Gasteiger partial charge in [0.05, 0.1) is 11.4 Å². The van der Waals surface area contributed by atoms with Gasteiger partial charge in [0.1, 0.15) is 0 Å². The molecule has 5 aliphatic carbocycles. The number of nitrogens with zero attached hydrogens (tertiary/aromatic N) is 1. The molecule has 4 bridgehead atoms. The van der Waals surface area contributed by atoms with Gasteiger partial charge in [-0.3, -0.25) is 0 Å². The van der Waals surface area contributed by atoms with Crippen molar-refractivity contribution in [3.63, 3.8) is 0 Å². The second-order valence-electron chi connectivity index (χ2n) is 14.1. The lowest BCUT2D eigenvalue weighted by molar-refractivity contribution is -0.0399. The highest BCUT2D eigenvalue weighted by molar-refractivity contribution is 6.07. The highest BCUT2D eigenvalue weighted by Crippen LogP contribution is 2.70. The fourth-order valence-corrected chi connectivity index (χ4v) is 10.7. The molecule has 218 valence electrons. The first-order valence-corrected chi connectivity index (χ1v) is 17.0. The molecule has 5 aliphatic rings. The lowest BCUT2D eigenvalue weighted by atomic mass is 9.43. The number of hydrogen-bond donors (Lipinski definition) is 0. The molecule has 1 nitrogen and oxygen atoms in total. The van der Waals surface area contributed by atoms with E-state index in [1.165, 1.54) is 82.2 Å². The van der Waals surface area contributed by atoms with Crippen molar-refractivity contribution in [1.82, 2.24) is 0 Å². The molecule has 0 aromatic heterocycles. The molecule has 0 radical (unpaired) electrons. The summed E-state index contributed by atoms with van der Waals surface area (Å²) in [4.78, 5) is 2.56. The first-order valence-electron chi connectivity index (χ1n) is 17.0. The maximum absolute atomic E-state index is 2.56. The van der Waals surface area contributed by atoms with Crippen molar-refractivity contribution < 1.29 is 0 Å². The van der Waals surface area contributed by atoms with Crippen LogP contribution in [0, 0.1) is 23.7 Å². The van der Waals surface area contributed by atoms with Crippen molar-refractivity contribution in [1.29, 1.82) is 0 Å². The van der Waals surface area contributed by atoms with Gasteiger partial charge in [0.25, 0.3) is 0 Å². The monoisotopic (exact) mass is 579 g/mol. The minimum atomic E-state index is 0.150. The van der Waals surface area contributed by atoms with Crippen LogP contribution in [-0.2, 0) is 5.41 Å². The molecule has 1 spiro atoms. The predicted octanol–water partition coefficient (Wildman–Crippen LogP) is 11.7. The Morgan fingerprint density at radius 3 is 1.82 bits per heavy atom. The molecular formula is C44H37N. The molecule has 0 saturated heterocycles. The van der Waals surface area contributed by atoms with Gasteiger partial charge in [-0.05, 0) is 113 Å². The van der Waals surface area contributed by atoms with Gasteiger partial charge < -0.3 is 4.90 Å². The van der Waals surface area contributed by atoms with E-state index in [1.54, 1.807) is 11.1 Å². The molecule has 0 amide bonds. The van der Waals surface area contributed by atoms with Crippen molar-refractivity contribution >= 4 is 27.8 Å². The summed E-state index contributed by atoms with van der Waals surface area (Å²) in [7, 11) is 0. The third kappa shape index (κ3) is 3.56. The van der Waals surface area contributed by atoms with Gasteiger partial charge in [-0.25, -0.2) is 0 Å². The van der Waals surface area contributed by atoms with Gasteiger partial charge in [0, 0.05) is 22.1 Å². The Labute approximate surface area is 266 Å². The van der Waals surface area contributed by atoms with Gasteiger partial charge in [-0.1, -0.05) is 115 Å². The molecule has 6 aromatic carbocycles. The zero-order valence-corrected chi connectivity index (χ0v) is 25.6. The van der Waals surface area contributed by atoms with Crippen LogP contribution in [0.1, 0.15) is 43.2 Å². The number of para-hydroxylation sites is 1. The molecule has 0 atom stereocenters. The summed E-state index contributed by atoms with van der Waals surface area (Å²) in [5.41, 5.74) is 12.5. The summed E-state index contributed by atoms with van der Waals surface area (Å²) < 4.78 is 0. The Bertz CT molecular complexity index is 2050. The van der Waals surface area contributed by atoms with Gasteiger partial charge >= 0.3 is 0 Å². The summed E-state index contributed by atoms with van der Waals surface area (Å²) in [6.45, 7) is 0. The SMILES string of the molecule is c1ccc(-c2ccc(N(c3ccccc3)c3cccc4c3-c3ccccc3C43C4CC5CC(C4)CC3C5)c3ccccc23)cc1. The summed E-state index contributed by atoms with van der Waals surface area (Å²) >= 11 is 0. The smallest absolute Gasteiger partial charge is 0.0543 e. The largest absolute Gasteiger partial charge is 0.309 e. The Morgan fingerprint density at radius 1 is 0.444 bits per heavy atom. The van der Waals surface area contributed by atoms with Crippen LogP contribution in [-0.4, -0.2) is 0 Å². The van der Waals surface area contributed by atoms with Crippen LogP contribution in [0.3, 0.4) is 0 Å². The van der Waals surface area contributed by atoms with E-state index in [2.05, 4.69) is 144 Å². The summed E-state index contributed by atoms with van der Waals surface area (Å²) in [5, 5.41) is 2.56. The Morgan fingerprint density at radius 2 is 1.07 bits per heavy atom. The molecule has 6 aromatic rings. The van der Waals surface area contributed by atoms with Crippen LogP contribution in [0.25, 0.3) is 33.0 Å². The lowest BCUT2D eigenvalue weighted by Crippen LogP contribution is -2.55. The number of fused-ring (bicyclic) bond motifs is 4. The normalized spacial score (nSPS) is 25.4. The highest BCUT2D eigenvalue weighted by atomic mass is 15.1. The van der Waals surface area contributed by atoms with Gasteiger partial charge in [-0.15, -0.1) is 0 Å². The van der Waals surface area contributed by atoms with E-state index in [9.17, 15) is 0 Å². The van der Waals surface area contributed by atoms with E-state index >= 15 is 0 Å². The highest BCUT2D eigenvalue weighted by Gasteiger charge is 2.61. The van der Waals surface area contributed by atoms with Crippen LogP contribution in [0.2, 0.25) is 0 Å². The maximum atomic E-state index is 2.56. The zero-order valence-electron chi connectivity index (χ0n) is 25.6. The first kappa shape index (κ1) is 25.7. The average molecular weight is 580 g/mol. The van der Waals surface area contributed by atoms with Crippen LogP contribution in [0.5, 0.6) is 0 Å². The zero-order chi connectivity index (χ0) is 29.5. The van der Waals surface area contributed by atoms with Crippen LogP contribution in [0.15, 0.2) is 140 Å². The maximum Gasteiger partial charge on any atom is 0.0543 e. The predicted molar refractivity (Wildman–Crippen MR) is 187 cm³/mol. The van der Waals surface area contributed by atoms with Crippen molar-refractivity contribution in [2.45, 2.75) is 37.5 Å². The molecule has 4 fully saturated rings. The van der Waals surface area contributed by atoms with E-state index in [-0.39, 0.29) is 5.41 Å². The number of hydrogen-bond acceptors (Lipinski definition) is 1. The van der Waals surface area contributed by atoms with Crippen LogP contribution >= 0.6 is 0 Å². The molecule has 4 saturated carbocycles. The molecule has 0 heterocycles. The second-order valence-corrected chi connectivity index (χ2v) is 14.1. The third-order valence-electron chi connectivity index (χ3n) is 12.0. The summed E-state index contributed by atoms with van der Waals surface area (Å²) in [5.74, 6) is 3.38. The van der Waals surface area contributed by atoms with Crippen LogP contribution < -0.4 is 4.90 Å². The number of benzene rings is 6. The van der Waals surface area contributed by atoms with E-state index in [0.29, 0.717) is 0 Å². The van der Waals surface area contributed by atoms with Crippen molar-refractivity contribution in [3.8, 4) is 22.3 Å². The minimum absolute atomic E-state index is 0.150. The van der Waals surface area contributed by atoms with Crippen molar-refractivity contribution in [3.05, 3.63) is 151 Å². The molecule has 0 aliphatic heterocycles. The molecule has 1 heteroatoms. The van der Waals surface area contributed by atoms with E-state index in [1.807, 2.05) is 0 Å². The van der Waals surface area contributed by atoms with Gasteiger partial charge in [0.15, 0.2) is 0 Å². The van der Waals surface area contributed by atoms with Gasteiger partial charge in [-0.2, -0.15) is 0 Å². The Hall–Kier alpha value is -4.62.